The van der Waals surface area contributed by atoms with Gasteiger partial charge in [-0.25, -0.2) is 9.18 Å². The summed E-state index contributed by atoms with van der Waals surface area (Å²) >= 11 is 5.81. The van der Waals surface area contributed by atoms with Crippen molar-refractivity contribution in [2.75, 3.05) is 18.5 Å². The van der Waals surface area contributed by atoms with Crippen molar-refractivity contribution in [2.45, 2.75) is 19.8 Å². The summed E-state index contributed by atoms with van der Waals surface area (Å²) < 4.78 is 23.3. The minimum atomic E-state index is -0.677. The number of para-hydroxylation sites is 1. The zero-order valence-corrected chi connectivity index (χ0v) is 15.2. The molecule has 138 valence electrons. The Labute approximate surface area is 156 Å². The Bertz CT molecular complexity index is 795. The van der Waals surface area contributed by atoms with Crippen molar-refractivity contribution in [1.29, 1.82) is 0 Å². The van der Waals surface area contributed by atoms with E-state index in [1.54, 1.807) is 6.07 Å². The fourth-order valence-corrected chi connectivity index (χ4v) is 2.40. The van der Waals surface area contributed by atoms with E-state index < -0.39 is 24.3 Å². The summed E-state index contributed by atoms with van der Waals surface area (Å²) in [6.07, 6.45) is 0. The first-order chi connectivity index (χ1) is 12.4. The molecule has 1 N–H and O–H groups in total. The standard InChI is InChI=1S/C19H19ClFNO4/c1-12(2)14-5-3-4-6-17(14)25-11-19(24)26-10-18(23)22-16-8-7-13(21)9-15(16)20/h3-9,12H,10-11H2,1-2H3,(H,22,23). The van der Waals surface area contributed by atoms with E-state index in [0.29, 0.717) is 5.75 Å². The van der Waals surface area contributed by atoms with E-state index in [-0.39, 0.29) is 23.2 Å². The quantitative estimate of drug-likeness (QED) is 0.733. The Hall–Kier alpha value is -2.60. The van der Waals surface area contributed by atoms with Crippen molar-refractivity contribution < 1.29 is 23.5 Å². The molecule has 0 radical (unpaired) electrons. The summed E-state index contributed by atoms with van der Waals surface area (Å²) in [4.78, 5) is 23.6. The Balaban J connectivity index is 1.81. The molecule has 0 saturated heterocycles. The molecule has 0 saturated carbocycles. The molecule has 0 heterocycles. The van der Waals surface area contributed by atoms with Crippen LogP contribution in [0.15, 0.2) is 42.5 Å². The predicted molar refractivity (Wildman–Crippen MR) is 97.0 cm³/mol. The third-order valence-corrected chi connectivity index (χ3v) is 3.77. The third kappa shape index (κ3) is 5.74. The maximum absolute atomic E-state index is 13.0. The number of esters is 1. The van der Waals surface area contributed by atoms with Gasteiger partial charge < -0.3 is 14.8 Å². The minimum absolute atomic E-state index is 0.0540. The second kappa shape index (κ2) is 9.20. The topological polar surface area (TPSA) is 64.6 Å². The molecule has 2 rings (SSSR count). The maximum atomic E-state index is 13.0. The lowest BCUT2D eigenvalue weighted by Crippen LogP contribution is -2.24. The lowest BCUT2D eigenvalue weighted by atomic mass is 10.0. The maximum Gasteiger partial charge on any atom is 0.344 e. The van der Waals surface area contributed by atoms with E-state index in [2.05, 4.69) is 5.32 Å². The van der Waals surface area contributed by atoms with Crippen LogP contribution in [0, 0.1) is 5.82 Å². The van der Waals surface area contributed by atoms with Gasteiger partial charge in [0.2, 0.25) is 0 Å². The van der Waals surface area contributed by atoms with E-state index in [0.717, 1.165) is 17.7 Å². The first-order valence-electron chi connectivity index (χ1n) is 7.99. The van der Waals surface area contributed by atoms with Gasteiger partial charge >= 0.3 is 5.97 Å². The Morgan fingerprint density at radius 1 is 1.15 bits per heavy atom. The predicted octanol–water partition coefficient (Wildman–Crippen LogP) is 4.16. The van der Waals surface area contributed by atoms with E-state index in [1.165, 1.54) is 6.07 Å². The molecule has 0 aromatic heterocycles. The van der Waals surface area contributed by atoms with Crippen molar-refractivity contribution in [3.05, 3.63) is 58.9 Å². The van der Waals surface area contributed by atoms with Gasteiger partial charge in [-0.2, -0.15) is 0 Å². The summed E-state index contributed by atoms with van der Waals surface area (Å²) in [7, 11) is 0. The summed E-state index contributed by atoms with van der Waals surface area (Å²) in [5.74, 6) is -0.938. The van der Waals surface area contributed by atoms with Crippen LogP contribution < -0.4 is 10.1 Å². The Morgan fingerprint density at radius 2 is 1.88 bits per heavy atom. The van der Waals surface area contributed by atoms with Crippen molar-refractivity contribution >= 4 is 29.2 Å². The minimum Gasteiger partial charge on any atom is -0.482 e. The first-order valence-corrected chi connectivity index (χ1v) is 8.37. The molecule has 0 unspecified atom stereocenters. The molecule has 0 aliphatic rings. The van der Waals surface area contributed by atoms with Gasteiger partial charge in [-0.3, -0.25) is 4.79 Å². The number of halogens is 2. The van der Waals surface area contributed by atoms with Crippen molar-refractivity contribution in [3.63, 3.8) is 0 Å². The van der Waals surface area contributed by atoms with E-state index in [4.69, 9.17) is 21.1 Å². The van der Waals surface area contributed by atoms with Gasteiger partial charge in [0.15, 0.2) is 13.2 Å². The van der Waals surface area contributed by atoms with Crippen LogP contribution in [0.1, 0.15) is 25.3 Å². The highest BCUT2D eigenvalue weighted by atomic mass is 35.5. The number of ether oxygens (including phenoxy) is 2. The van der Waals surface area contributed by atoms with Gasteiger partial charge in [0.1, 0.15) is 11.6 Å². The van der Waals surface area contributed by atoms with Gasteiger partial charge in [-0.05, 0) is 35.7 Å². The fourth-order valence-electron chi connectivity index (χ4n) is 2.19. The van der Waals surface area contributed by atoms with Gasteiger partial charge in [-0.15, -0.1) is 0 Å². The van der Waals surface area contributed by atoms with Crippen LogP contribution in [0.2, 0.25) is 5.02 Å². The number of carbonyl (C=O) groups excluding carboxylic acids is 2. The van der Waals surface area contributed by atoms with Crippen LogP contribution in [-0.2, 0) is 14.3 Å². The summed E-state index contributed by atoms with van der Waals surface area (Å²) in [5.41, 5.74) is 1.21. The number of hydrogen-bond donors (Lipinski definition) is 1. The fraction of sp³-hybridized carbons (Fsp3) is 0.263. The summed E-state index contributed by atoms with van der Waals surface area (Å²) in [5, 5.41) is 2.49. The van der Waals surface area contributed by atoms with Crippen LogP contribution in [0.3, 0.4) is 0 Å². The van der Waals surface area contributed by atoms with Crippen LogP contribution in [0.5, 0.6) is 5.75 Å². The van der Waals surface area contributed by atoms with Crippen molar-refractivity contribution in [1.82, 2.24) is 0 Å². The van der Waals surface area contributed by atoms with Gasteiger partial charge in [0, 0.05) is 0 Å². The monoisotopic (exact) mass is 379 g/mol. The number of nitrogens with one attached hydrogen (secondary N) is 1. The zero-order chi connectivity index (χ0) is 19.1. The third-order valence-electron chi connectivity index (χ3n) is 3.46. The average Bonchev–Trinajstić information content (AvgIpc) is 2.60. The lowest BCUT2D eigenvalue weighted by Gasteiger charge is -2.13. The van der Waals surface area contributed by atoms with E-state index in [1.807, 2.05) is 32.0 Å². The molecule has 5 nitrogen and oxygen atoms in total. The highest BCUT2D eigenvalue weighted by Gasteiger charge is 2.12. The number of hydrogen-bond acceptors (Lipinski definition) is 4. The molecule has 26 heavy (non-hydrogen) atoms. The normalized spacial score (nSPS) is 10.5. The summed E-state index contributed by atoms with van der Waals surface area (Å²) in [6, 6.07) is 11.0. The molecule has 2 aromatic carbocycles. The average molecular weight is 380 g/mol. The first kappa shape index (κ1) is 19.7. The second-order valence-corrected chi connectivity index (χ2v) is 6.22. The van der Waals surface area contributed by atoms with E-state index in [9.17, 15) is 14.0 Å². The van der Waals surface area contributed by atoms with Crippen LogP contribution in [0.25, 0.3) is 0 Å². The SMILES string of the molecule is CC(C)c1ccccc1OCC(=O)OCC(=O)Nc1ccc(F)cc1Cl. The molecule has 0 aliphatic carbocycles. The molecule has 0 fully saturated rings. The van der Waals surface area contributed by atoms with Crippen molar-refractivity contribution in [2.24, 2.45) is 0 Å². The zero-order valence-electron chi connectivity index (χ0n) is 14.4. The smallest absolute Gasteiger partial charge is 0.344 e. The molecule has 0 atom stereocenters. The molecule has 1 amide bonds. The molecular weight excluding hydrogens is 361 g/mol. The molecule has 0 bridgehead atoms. The largest absolute Gasteiger partial charge is 0.482 e. The van der Waals surface area contributed by atoms with Crippen LogP contribution in [0.4, 0.5) is 10.1 Å². The number of rotatable bonds is 7. The molecule has 0 aliphatic heterocycles. The second-order valence-electron chi connectivity index (χ2n) is 5.81. The number of amides is 1. The Morgan fingerprint density at radius 3 is 2.58 bits per heavy atom. The molecule has 7 heteroatoms. The lowest BCUT2D eigenvalue weighted by molar-refractivity contribution is -0.149. The number of anilines is 1. The Kier molecular flexibility index (Phi) is 6.97. The van der Waals surface area contributed by atoms with Gasteiger partial charge in [-0.1, -0.05) is 43.6 Å². The number of benzene rings is 2. The van der Waals surface area contributed by atoms with Gasteiger partial charge in [0.25, 0.3) is 5.91 Å². The van der Waals surface area contributed by atoms with Crippen LogP contribution in [-0.4, -0.2) is 25.1 Å². The molecule has 0 spiro atoms. The van der Waals surface area contributed by atoms with E-state index >= 15 is 0 Å². The van der Waals surface area contributed by atoms with Crippen molar-refractivity contribution in [3.8, 4) is 5.75 Å². The number of carbonyl (C=O) groups is 2. The highest BCUT2D eigenvalue weighted by Crippen LogP contribution is 2.25. The van der Waals surface area contributed by atoms with Gasteiger partial charge in [0.05, 0.1) is 10.7 Å². The highest BCUT2D eigenvalue weighted by molar-refractivity contribution is 6.33. The van der Waals surface area contributed by atoms with Crippen LogP contribution >= 0.6 is 11.6 Å². The summed E-state index contributed by atoms with van der Waals surface area (Å²) in [6.45, 7) is 3.23. The molecule has 2 aromatic rings. The molecular formula is C19H19ClFNO4.